The van der Waals surface area contributed by atoms with Gasteiger partial charge in [0.15, 0.2) is 0 Å². The van der Waals surface area contributed by atoms with Crippen molar-refractivity contribution in [2.45, 2.75) is 25.7 Å². The van der Waals surface area contributed by atoms with E-state index in [9.17, 15) is 27.2 Å². The van der Waals surface area contributed by atoms with Gasteiger partial charge < -0.3 is 5.32 Å². The van der Waals surface area contributed by atoms with E-state index in [0.29, 0.717) is 17.0 Å². The Kier molecular flexibility index (Phi) is 5.43. The minimum absolute atomic E-state index is 0.0258. The van der Waals surface area contributed by atoms with Crippen LogP contribution in [0.15, 0.2) is 53.6 Å². The number of aryl methyl sites for hydroxylation is 1. The van der Waals surface area contributed by atoms with Crippen molar-refractivity contribution in [3.8, 4) is 0 Å². The molecule has 1 aromatic heterocycles. The molecule has 1 N–H and O–H groups in total. The molecule has 0 saturated carbocycles. The van der Waals surface area contributed by atoms with Crippen LogP contribution in [0.4, 0.5) is 17.6 Å². The molecule has 0 aliphatic rings. The molecule has 3 rings (SSSR count). The van der Waals surface area contributed by atoms with Gasteiger partial charge in [0, 0.05) is 19.5 Å². The third-order valence-corrected chi connectivity index (χ3v) is 4.16. The van der Waals surface area contributed by atoms with Crippen LogP contribution in [0.25, 0.3) is 10.9 Å². The van der Waals surface area contributed by atoms with E-state index in [4.69, 9.17) is 0 Å². The quantitative estimate of drug-likeness (QED) is 0.677. The predicted octanol–water partition coefficient (Wildman–Crippen LogP) is 3.26. The molecule has 28 heavy (non-hydrogen) atoms. The highest BCUT2D eigenvalue weighted by atomic mass is 19.4. The molecule has 5 nitrogen and oxygen atoms in total. The largest absolute Gasteiger partial charge is 0.416 e. The van der Waals surface area contributed by atoms with Gasteiger partial charge in [-0.25, -0.2) is 9.37 Å². The molecule has 0 unspecified atom stereocenters. The molecular weight excluding hydrogens is 378 g/mol. The summed E-state index contributed by atoms with van der Waals surface area (Å²) in [6.07, 6.45) is -3.53. The zero-order valence-electron chi connectivity index (χ0n) is 14.5. The lowest BCUT2D eigenvalue weighted by Crippen LogP contribution is -2.28. The molecule has 146 valence electrons. The first kappa shape index (κ1) is 19.5. The summed E-state index contributed by atoms with van der Waals surface area (Å²) in [6.45, 7) is -0.378. The second-order valence-corrected chi connectivity index (χ2v) is 6.09. The number of amides is 1. The zero-order valence-corrected chi connectivity index (χ0v) is 14.5. The number of halogens is 4. The number of fused-ring (bicyclic) bond motifs is 1. The topological polar surface area (TPSA) is 64.0 Å². The number of hydrogen-bond donors (Lipinski definition) is 1. The maximum atomic E-state index is 13.1. The monoisotopic (exact) mass is 393 g/mol. The van der Waals surface area contributed by atoms with Crippen LogP contribution in [0.3, 0.4) is 0 Å². The van der Waals surface area contributed by atoms with E-state index in [-0.39, 0.29) is 24.1 Å². The van der Waals surface area contributed by atoms with Crippen LogP contribution >= 0.6 is 0 Å². The van der Waals surface area contributed by atoms with Gasteiger partial charge in [0.1, 0.15) is 5.82 Å². The highest BCUT2D eigenvalue weighted by Gasteiger charge is 2.33. The molecule has 1 amide bonds. The number of nitrogens with zero attached hydrogens (tertiary/aromatic N) is 2. The number of aromatic nitrogens is 2. The summed E-state index contributed by atoms with van der Waals surface area (Å²) in [6, 6.07) is 9.03. The van der Waals surface area contributed by atoms with Gasteiger partial charge in [0.2, 0.25) is 5.91 Å². The van der Waals surface area contributed by atoms with Crippen molar-refractivity contribution in [3.05, 3.63) is 76.1 Å². The summed E-state index contributed by atoms with van der Waals surface area (Å²) < 4.78 is 53.3. The number of nitrogens with one attached hydrogen (secondary N) is 1. The molecule has 9 heteroatoms. The summed E-state index contributed by atoms with van der Waals surface area (Å²) in [4.78, 5) is 28.5. The van der Waals surface area contributed by atoms with Crippen LogP contribution in [0, 0.1) is 5.82 Å². The molecule has 0 bridgehead atoms. The molecule has 0 aliphatic heterocycles. The minimum atomic E-state index is -4.73. The van der Waals surface area contributed by atoms with Crippen molar-refractivity contribution in [2.24, 2.45) is 0 Å². The van der Waals surface area contributed by atoms with Gasteiger partial charge in [-0.1, -0.05) is 18.2 Å². The fraction of sp³-hybridized carbons (Fsp3) is 0.211. The number of alkyl halides is 3. The van der Waals surface area contributed by atoms with Crippen molar-refractivity contribution < 1.29 is 22.4 Å². The van der Waals surface area contributed by atoms with Crippen LogP contribution in [-0.4, -0.2) is 15.5 Å². The first-order valence-corrected chi connectivity index (χ1v) is 8.32. The number of hydrogen-bond acceptors (Lipinski definition) is 3. The summed E-state index contributed by atoms with van der Waals surface area (Å²) in [5.41, 5.74) is -1.16. The van der Waals surface area contributed by atoms with Gasteiger partial charge in [-0.2, -0.15) is 13.2 Å². The van der Waals surface area contributed by atoms with Crippen LogP contribution in [0.1, 0.15) is 17.5 Å². The van der Waals surface area contributed by atoms with Crippen LogP contribution in [0.2, 0.25) is 0 Å². The lowest BCUT2D eigenvalue weighted by molar-refractivity contribution is -0.138. The maximum absolute atomic E-state index is 13.1. The van der Waals surface area contributed by atoms with Crippen molar-refractivity contribution in [3.63, 3.8) is 0 Å². The molecule has 1 heterocycles. The zero-order chi connectivity index (χ0) is 20.3. The third-order valence-electron chi connectivity index (χ3n) is 4.16. The Morgan fingerprint density at radius 1 is 1.14 bits per heavy atom. The molecule has 0 spiro atoms. The Bertz CT molecular complexity index is 1080. The molecule has 0 aliphatic carbocycles. The van der Waals surface area contributed by atoms with E-state index >= 15 is 0 Å². The van der Waals surface area contributed by atoms with E-state index in [2.05, 4.69) is 10.3 Å². The standard InChI is InChI=1S/C19H15F4N3O2/c20-13-6-5-12(15(9-13)19(21,22)23)10-24-17(27)7-8-26-11-25-16-4-2-1-3-14(16)18(26)28/h1-6,9,11H,7-8,10H2,(H,24,27). The third kappa shape index (κ3) is 4.36. The summed E-state index contributed by atoms with van der Waals surface area (Å²) in [5.74, 6) is -1.55. The van der Waals surface area contributed by atoms with Crippen molar-refractivity contribution >= 4 is 16.8 Å². The number of carbonyl (C=O) groups is 1. The summed E-state index contributed by atoms with van der Waals surface area (Å²) >= 11 is 0. The fourth-order valence-electron chi connectivity index (χ4n) is 2.74. The summed E-state index contributed by atoms with van der Waals surface area (Å²) in [7, 11) is 0. The van der Waals surface area contributed by atoms with E-state index in [1.807, 2.05) is 0 Å². The van der Waals surface area contributed by atoms with Gasteiger partial charge in [-0.3, -0.25) is 14.2 Å². The Balaban J connectivity index is 1.65. The van der Waals surface area contributed by atoms with E-state index in [1.54, 1.807) is 24.3 Å². The molecule has 0 radical (unpaired) electrons. The molecule has 0 atom stereocenters. The molecule has 2 aromatic carbocycles. The van der Waals surface area contributed by atoms with Crippen molar-refractivity contribution in [2.75, 3.05) is 0 Å². The molecule has 3 aromatic rings. The second kappa shape index (κ2) is 7.79. The van der Waals surface area contributed by atoms with E-state index < -0.39 is 30.0 Å². The number of rotatable bonds is 5. The Morgan fingerprint density at radius 2 is 1.89 bits per heavy atom. The molecular formula is C19H15F4N3O2. The van der Waals surface area contributed by atoms with Gasteiger partial charge >= 0.3 is 6.18 Å². The Labute approximate surface area is 156 Å². The number of carbonyl (C=O) groups excluding carboxylic acids is 1. The van der Waals surface area contributed by atoms with Crippen LogP contribution < -0.4 is 10.9 Å². The number of benzene rings is 2. The predicted molar refractivity (Wildman–Crippen MR) is 93.9 cm³/mol. The molecule has 0 saturated heterocycles. The van der Waals surface area contributed by atoms with Crippen molar-refractivity contribution in [1.29, 1.82) is 0 Å². The van der Waals surface area contributed by atoms with Crippen LogP contribution in [0.5, 0.6) is 0 Å². The Morgan fingerprint density at radius 3 is 2.64 bits per heavy atom. The normalized spacial score (nSPS) is 11.6. The van der Waals surface area contributed by atoms with E-state index in [0.717, 1.165) is 12.1 Å². The van der Waals surface area contributed by atoms with Gasteiger partial charge in [-0.15, -0.1) is 0 Å². The average molecular weight is 393 g/mol. The van der Waals surface area contributed by atoms with Gasteiger partial charge in [-0.05, 0) is 29.8 Å². The molecule has 0 fully saturated rings. The van der Waals surface area contributed by atoms with Crippen LogP contribution in [-0.2, 0) is 24.1 Å². The number of para-hydroxylation sites is 1. The lowest BCUT2D eigenvalue weighted by atomic mass is 10.1. The SMILES string of the molecule is O=C(CCn1cnc2ccccc2c1=O)NCc1ccc(F)cc1C(F)(F)F. The van der Waals surface area contributed by atoms with Gasteiger partial charge in [0.25, 0.3) is 5.56 Å². The van der Waals surface area contributed by atoms with Crippen molar-refractivity contribution in [1.82, 2.24) is 14.9 Å². The maximum Gasteiger partial charge on any atom is 0.416 e. The smallest absolute Gasteiger partial charge is 0.352 e. The highest BCUT2D eigenvalue weighted by Crippen LogP contribution is 2.32. The Hall–Kier alpha value is -3.23. The minimum Gasteiger partial charge on any atom is -0.352 e. The van der Waals surface area contributed by atoms with E-state index in [1.165, 1.54) is 10.9 Å². The average Bonchev–Trinajstić information content (AvgIpc) is 2.66. The highest BCUT2D eigenvalue weighted by molar-refractivity contribution is 5.77. The first-order chi connectivity index (χ1) is 13.3. The lowest BCUT2D eigenvalue weighted by Gasteiger charge is -2.14. The fourth-order valence-corrected chi connectivity index (χ4v) is 2.74. The summed E-state index contributed by atoms with van der Waals surface area (Å²) in [5, 5.41) is 2.77. The van der Waals surface area contributed by atoms with Gasteiger partial charge in [0.05, 0.1) is 22.8 Å². The second-order valence-electron chi connectivity index (χ2n) is 6.09. The first-order valence-electron chi connectivity index (χ1n) is 8.32.